The summed E-state index contributed by atoms with van der Waals surface area (Å²) in [6.07, 6.45) is 0. The molecule has 0 saturated carbocycles. The van der Waals surface area contributed by atoms with E-state index in [1.807, 2.05) is 0 Å². The number of aromatic nitrogens is 1. The van der Waals surface area contributed by atoms with Gasteiger partial charge in [-0.25, -0.2) is 9.37 Å². The lowest BCUT2D eigenvalue weighted by atomic mass is 10.2. The van der Waals surface area contributed by atoms with E-state index in [9.17, 15) is 19.3 Å². The molecule has 0 saturated heterocycles. The van der Waals surface area contributed by atoms with Crippen LogP contribution >= 0.6 is 23.2 Å². The zero-order valence-corrected chi connectivity index (χ0v) is 11.7. The van der Waals surface area contributed by atoms with Gasteiger partial charge < -0.3 is 5.32 Å². The molecular formula is C12H6Cl2FN3O3. The number of pyridine rings is 1. The van der Waals surface area contributed by atoms with Crippen molar-refractivity contribution in [2.45, 2.75) is 0 Å². The SMILES string of the molecule is O=C(Nc1c(F)cccc1[N+](=O)[O-])c1cc(Cl)nc(Cl)c1. The largest absolute Gasteiger partial charge is 0.314 e. The molecule has 0 unspecified atom stereocenters. The van der Waals surface area contributed by atoms with Crippen LogP contribution in [0.1, 0.15) is 10.4 Å². The number of nitrogens with one attached hydrogen (secondary N) is 1. The van der Waals surface area contributed by atoms with Gasteiger partial charge >= 0.3 is 0 Å². The van der Waals surface area contributed by atoms with E-state index in [0.29, 0.717) is 0 Å². The molecule has 0 fully saturated rings. The maximum absolute atomic E-state index is 13.7. The number of rotatable bonds is 3. The highest BCUT2D eigenvalue weighted by Crippen LogP contribution is 2.27. The van der Waals surface area contributed by atoms with Gasteiger partial charge in [0.25, 0.3) is 11.6 Å². The first-order valence-electron chi connectivity index (χ1n) is 5.46. The van der Waals surface area contributed by atoms with E-state index in [1.165, 1.54) is 18.2 Å². The highest BCUT2D eigenvalue weighted by atomic mass is 35.5. The number of hydrogen-bond donors (Lipinski definition) is 1. The lowest BCUT2D eigenvalue weighted by molar-refractivity contribution is -0.384. The summed E-state index contributed by atoms with van der Waals surface area (Å²) in [5, 5.41) is 12.9. The fourth-order valence-electron chi connectivity index (χ4n) is 1.57. The Balaban J connectivity index is 2.38. The number of benzene rings is 1. The number of hydrogen-bond acceptors (Lipinski definition) is 4. The van der Waals surface area contributed by atoms with Crippen molar-refractivity contribution in [3.05, 3.63) is 62.1 Å². The van der Waals surface area contributed by atoms with E-state index in [0.717, 1.165) is 12.1 Å². The van der Waals surface area contributed by atoms with E-state index >= 15 is 0 Å². The molecule has 1 heterocycles. The average molecular weight is 330 g/mol. The fraction of sp³-hybridized carbons (Fsp3) is 0. The van der Waals surface area contributed by atoms with Gasteiger partial charge in [-0.1, -0.05) is 29.3 Å². The first-order chi connectivity index (χ1) is 9.88. The van der Waals surface area contributed by atoms with Gasteiger partial charge in [0.15, 0.2) is 11.5 Å². The second-order valence-corrected chi connectivity index (χ2v) is 4.62. The fourth-order valence-corrected chi connectivity index (χ4v) is 2.03. The molecule has 21 heavy (non-hydrogen) atoms. The number of carbonyl (C=O) groups is 1. The van der Waals surface area contributed by atoms with Crippen LogP contribution in [-0.4, -0.2) is 15.8 Å². The van der Waals surface area contributed by atoms with Gasteiger partial charge in [-0.2, -0.15) is 0 Å². The molecular weight excluding hydrogens is 324 g/mol. The maximum atomic E-state index is 13.7. The minimum absolute atomic E-state index is 0.00227. The third-order valence-corrected chi connectivity index (χ3v) is 2.84. The minimum atomic E-state index is -0.927. The normalized spacial score (nSPS) is 10.2. The molecule has 0 spiro atoms. The Morgan fingerprint density at radius 3 is 2.48 bits per heavy atom. The van der Waals surface area contributed by atoms with Crippen LogP contribution in [0.4, 0.5) is 15.8 Å². The van der Waals surface area contributed by atoms with Crippen LogP contribution in [0.15, 0.2) is 30.3 Å². The summed E-state index contributed by atoms with van der Waals surface area (Å²) >= 11 is 11.3. The molecule has 0 bridgehead atoms. The molecule has 1 aromatic carbocycles. The van der Waals surface area contributed by atoms with Gasteiger partial charge in [-0.15, -0.1) is 0 Å². The third kappa shape index (κ3) is 3.45. The molecule has 2 rings (SSSR count). The van der Waals surface area contributed by atoms with Gasteiger partial charge in [0.2, 0.25) is 0 Å². The summed E-state index contributed by atoms with van der Waals surface area (Å²) in [6.45, 7) is 0. The second-order valence-electron chi connectivity index (χ2n) is 3.85. The van der Waals surface area contributed by atoms with Crippen molar-refractivity contribution in [2.75, 3.05) is 5.32 Å². The Labute approximate surface area is 127 Å². The summed E-state index contributed by atoms with van der Waals surface area (Å²) < 4.78 is 13.7. The molecule has 0 aliphatic carbocycles. The number of carbonyl (C=O) groups excluding carboxylic acids is 1. The monoisotopic (exact) mass is 329 g/mol. The summed E-state index contributed by atoms with van der Waals surface area (Å²) in [4.78, 5) is 25.7. The van der Waals surface area contributed by atoms with Crippen LogP contribution in [0.25, 0.3) is 0 Å². The molecule has 1 N–H and O–H groups in total. The molecule has 0 radical (unpaired) electrons. The van der Waals surface area contributed by atoms with Crippen molar-refractivity contribution in [3.63, 3.8) is 0 Å². The molecule has 1 aromatic heterocycles. The highest BCUT2D eigenvalue weighted by molar-refractivity contribution is 6.33. The quantitative estimate of drug-likeness (QED) is 0.528. The van der Waals surface area contributed by atoms with E-state index < -0.39 is 28.0 Å². The third-order valence-electron chi connectivity index (χ3n) is 2.45. The van der Waals surface area contributed by atoms with Crippen molar-refractivity contribution in [1.29, 1.82) is 0 Å². The lowest BCUT2D eigenvalue weighted by Crippen LogP contribution is -2.14. The zero-order valence-electron chi connectivity index (χ0n) is 10.1. The van der Waals surface area contributed by atoms with Crippen molar-refractivity contribution >= 4 is 40.5 Å². The van der Waals surface area contributed by atoms with Crippen molar-refractivity contribution < 1.29 is 14.1 Å². The van der Waals surface area contributed by atoms with Crippen molar-refractivity contribution in [3.8, 4) is 0 Å². The predicted molar refractivity (Wildman–Crippen MR) is 75.3 cm³/mol. The molecule has 2 aromatic rings. The van der Waals surface area contributed by atoms with Crippen LogP contribution in [-0.2, 0) is 0 Å². The minimum Gasteiger partial charge on any atom is -0.314 e. The first-order valence-corrected chi connectivity index (χ1v) is 6.21. The van der Waals surface area contributed by atoms with Gasteiger partial charge in [0, 0.05) is 11.6 Å². The average Bonchev–Trinajstić information content (AvgIpc) is 2.39. The van der Waals surface area contributed by atoms with Gasteiger partial charge in [-0.3, -0.25) is 14.9 Å². The van der Waals surface area contributed by atoms with Crippen LogP contribution in [0.3, 0.4) is 0 Å². The second kappa shape index (κ2) is 6.02. The number of para-hydroxylation sites is 1. The Morgan fingerprint density at radius 2 is 1.90 bits per heavy atom. The molecule has 108 valence electrons. The van der Waals surface area contributed by atoms with Gasteiger partial charge in [0.1, 0.15) is 10.3 Å². The molecule has 1 amide bonds. The topological polar surface area (TPSA) is 85.1 Å². The first kappa shape index (κ1) is 15.1. The number of nitro groups is 1. The molecule has 0 aliphatic heterocycles. The molecule has 6 nitrogen and oxygen atoms in total. The zero-order chi connectivity index (χ0) is 15.6. The Bertz CT molecular complexity index is 719. The number of nitrogens with zero attached hydrogens (tertiary/aromatic N) is 2. The smallest absolute Gasteiger partial charge is 0.295 e. The van der Waals surface area contributed by atoms with Crippen molar-refractivity contribution in [1.82, 2.24) is 4.98 Å². The highest BCUT2D eigenvalue weighted by Gasteiger charge is 2.21. The van der Waals surface area contributed by atoms with Crippen LogP contribution in [0.5, 0.6) is 0 Å². The van der Waals surface area contributed by atoms with Gasteiger partial charge in [-0.05, 0) is 18.2 Å². The summed E-state index contributed by atoms with van der Waals surface area (Å²) in [5.41, 5.74) is -1.09. The van der Waals surface area contributed by atoms with E-state index in [-0.39, 0.29) is 15.9 Å². The Morgan fingerprint density at radius 1 is 1.29 bits per heavy atom. The number of anilines is 1. The van der Waals surface area contributed by atoms with E-state index in [1.54, 1.807) is 0 Å². The summed E-state index contributed by atoms with van der Waals surface area (Å²) in [7, 11) is 0. The molecule has 9 heteroatoms. The standard InChI is InChI=1S/C12H6Cl2FN3O3/c13-9-4-6(5-10(14)16-9)12(19)17-11-7(15)2-1-3-8(11)18(20)21/h1-5H,(H,17,19). The van der Waals surface area contributed by atoms with Gasteiger partial charge in [0.05, 0.1) is 4.92 Å². The predicted octanol–water partition coefficient (Wildman–Crippen LogP) is 3.69. The molecule has 0 atom stereocenters. The Kier molecular flexibility index (Phi) is 4.35. The van der Waals surface area contributed by atoms with E-state index in [2.05, 4.69) is 10.3 Å². The maximum Gasteiger partial charge on any atom is 0.295 e. The number of nitro benzene ring substituents is 1. The number of halogens is 3. The lowest BCUT2D eigenvalue weighted by Gasteiger charge is -2.07. The number of amides is 1. The van der Waals surface area contributed by atoms with E-state index in [4.69, 9.17) is 23.2 Å². The molecule has 0 aliphatic rings. The summed E-state index contributed by atoms with van der Waals surface area (Å²) in [6, 6.07) is 5.65. The van der Waals surface area contributed by atoms with Crippen molar-refractivity contribution in [2.24, 2.45) is 0 Å². The van der Waals surface area contributed by atoms with Crippen LogP contribution in [0.2, 0.25) is 10.3 Å². The summed E-state index contributed by atoms with van der Waals surface area (Å²) in [5.74, 6) is -1.72. The Hall–Kier alpha value is -2.25. The van der Waals surface area contributed by atoms with Crippen LogP contribution < -0.4 is 5.32 Å². The van der Waals surface area contributed by atoms with Crippen LogP contribution in [0, 0.1) is 15.9 Å².